The highest BCUT2D eigenvalue weighted by atomic mass is 16.8. The zero-order valence-electron chi connectivity index (χ0n) is 24.1. The lowest BCUT2D eigenvalue weighted by molar-refractivity contribution is -0.229. The molecule has 5 aliphatic carbocycles. The molecule has 10 heteroatoms. The van der Waals surface area contributed by atoms with Crippen molar-refractivity contribution in [3.63, 3.8) is 0 Å². The van der Waals surface area contributed by atoms with E-state index in [9.17, 15) is 24.9 Å². The number of fused-ring (bicyclic) bond motifs is 9. The first-order valence-corrected chi connectivity index (χ1v) is 15.1. The average Bonchev–Trinajstić information content (AvgIpc) is 3.75. The molecule has 8 rings (SSSR count). The van der Waals surface area contributed by atoms with E-state index >= 15 is 0 Å². The minimum absolute atomic E-state index is 0.00178. The van der Waals surface area contributed by atoms with Crippen LogP contribution in [0.2, 0.25) is 0 Å². The summed E-state index contributed by atoms with van der Waals surface area (Å²) in [6.07, 6.45) is -0.408. The van der Waals surface area contributed by atoms with Gasteiger partial charge in [-0.25, -0.2) is 4.79 Å². The van der Waals surface area contributed by atoms with Gasteiger partial charge in [0.25, 0.3) is 0 Å². The van der Waals surface area contributed by atoms with Crippen LogP contribution in [0.15, 0.2) is 0 Å². The topological polar surface area (TPSA) is 164 Å². The van der Waals surface area contributed by atoms with Gasteiger partial charge in [-0.05, 0) is 73.5 Å². The second-order valence-corrected chi connectivity index (χ2v) is 15.6. The van der Waals surface area contributed by atoms with Gasteiger partial charge in [0.15, 0.2) is 5.60 Å². The van der Waals surface area contributed by atoms with Crippen LogP contribution in [-0.4, -0.2) is 81.3 Å². The Labute approximate surface area is 234 Å². The quantitative estimate of drug-likeness (QED) is 0.265. The fraction of sp³-hybridized carbons (Fsp3) is 0.933. The van der Waals surface area contributed by atoms with Crippen LogP contribution >= 0.6 is 0 Å². The SMILES string of the molecule is CC(=O)O[C@@H]1C[C@@]2(C)C([C@H]3C1[C@@]1(C)C[C@H]4O[C@H]4CC1[C@H](N)[C@@H]3O)[C@@H](O)[C@@H]1[C@@H]2[C@H](C)[C@H]2O[C@]23OC(=O)[C@@](C)(O)[C@]13C. The van der Waals surface area contributed by atoms with Crippen molar-refractivity contribution in [3.8, 4) is 0 Å². The lowest BCUT2D eigenvalue weighted by atomic mass is 9.41. The van der Waals surface area contributed by atoms with Gasteiger partial charge in [0.2, 0.25) is 5.79 Å². The molecule has 3 saturated heterocycles. The Kier molecular flexibility index (Phi) is 4.77. The second kappa shape index (κ2) is 7.25. The van der Waals surface area contributed by atoms with Crippen LogP contribution < -0.4 is 5.73 Å². The van der Waals surface area contributed by atoms with E-state index in [0.717, 1.165) is 12.8 Å². The van der Waals surface area contributed by atoms with Crippen molar-refractivity contribution >= 4 is 11.9 Å². The fourth-order valence-corrected chi connectivity index (χ4v) is 12.6. The highest BCUT2D eigenvalue weighted by molar-refractivity contribution is 5.84. The first-order valence-electron chi connectivity index (χ1n) is 15.1. The summed E-state index contributed by atoms with van der Waals surface area (Å²) in [6, 6.07) is -0.512. The lowest BCUT2D eigenvalue weighted by Gasteiger charge is -2.65. The molecule has 8 aliphatic rings. The van der Waals surface area contributed by atoms with E-state index < -0.39 is 76.4 Å². The molecule has 10 nitrogen and oxygen atoms in total. The second-order valence-electron chi connectivity index (χ2n) is 15.6. The molecule has 3 heterocycles. The van der Waals surface area contributed by atoms with E-state index in [1.165, 1.54) is 13.8 Å². The average molecular weight is 562 g/mol. The van der Waals surface area contributed by atoms with Gasteiger partial charge in [0.1, 0.15) is 12.2 Å². The van der Waals surface area contributed by atoms with Gasteiger partial charge in [-0.3, -0.25) is 4.79 Å². The first kappa shape index (κ1) is 26.3. The molecule has 1 spiro atoms. The van der Waals surface area contributed by atoms with Gasteiger partial charge in [0, 0.05) is 24.8 Å². The number of rotatable bonds is 1. The molecular weight excluding hydrogens is 518 g/mol. The number of hydrogen-bond donors (Lipinski definition) is 4. The maximum absolute atomic E-state index is 13.1. The lowest BCUT2D eigenvalue weighted by Crippen LogP contribution is -2.70. The van der Waals surface area contributed by atoms with Crippen molar-refractivity contribution in [2.45, 2.75) is 115 Å². The molecule has 40 heavy (non-hydrogen) atoms. The Morgan fingerprint density at radius 3 is 2.38 bits per heavy atom. The summed E-state index contributed by atoms with van der Waals surface area (Å²) in [6.45, 7) is 11.1. The van der Waals surface area contributed by atoms with Crippen LogP contribution in [0, 0.1) is 57.7 Å². The number of esters is 2. The first-order chi connectivity index (χ1) is 18.6. The third kappa shape index (κ3) is 2.58. The van der Waals surface area contributed by atoms with Crippen LogP contribution in [0.25, 0.3) is 0 Å². The summed E-state index contributed by atoms with van der Waals surface area (Å²) < 4.78 is 24.1. The number of nitrogens with two attached hydrogens (primary N) is 1. The molecule has 0 amide bonds. The number of aliphatic hydroxyl groups is 3. The highest BCUT2D eigenvalue weighted by Crippen LogP contribution is 2.80. The van der Waals surface area contributed by atoms with Crippen molar-refractivity contribution in [2.24, 2.45) is 63.4 Å². The predicted octanol–water partition coefficient (Wildman–Crippen LogP) is 0.728. The molecule has 0 aromatic carbocycles. The van der Waals surface area contributed by atoms with Gasteiger partial charge >= 0.3 is 11.9 Å². The smallest absolute Gasteiger partial charge is 0.341 e. The van der Waals surface area contributed by atoms with Crippen molar-refractivity contribution in [1.29, 1.82) is 0 Å². The van der Waals surface area contributed by atoms with Crippen molar-refractivity contribution < 1.29 is 43.9 Å². The minimum Gasteiger partial charge on any atom is -0.462 e. The molecule has 0 aromatic rings. The van der Waals surface area contributed by atoms with Crippen LogP contribution in [0.5, 0.6) is 0 Å². The van der Waals surface area contributed by atoms with Crippen LogP contribution in [-0.2, 0) is 28.5 Å². The van der Waals surface area contributed by atoms with Crippen LogP contribution in [0.3, 0.4) is 0 Å². The molecule has 222 valence electrons. The molecule has 3 unspecified atom stereocenters. The summed E-state index contributed by atoms with van der Waals surface area (Å²) >= 11 is 0. The molecule has 0 aromatic heterocycles. The van der Waals surface area contributed by atoms with Crippen molar-refractivity contribution in [3.05, 3.63) is 0 Å². The molecule has 0 bridgehead atoms. The van der Waals surface area contributed by atoms with E-state index in [4.69, 9.17) is 24.7 Å². The van der Waals surface area contributed by atoms with Crippen LogP contribution in [0.1, 0.15) is 60.8 Å². The predicted molar refractivity (Wildman–Crippen MR) is 137 cm³/mol. The normalized spacial score (nSPS) is 67.6. The van der Waals surface area contributed by atoms with E-state index in [-0.39, 0.29) is 47.3 Å². The van der Waals surface area contributed by atoms with Gasteiger partial charge in [-0.2, -0.15) is 0 Å². The zero-order valence-corrected chi connectivity index (χ0v) is 24.1. The number of epoxide rings is 2. The highest BCUT2D eigenvalue weighted by Gasteiger charge is 2.92. The van der Waals surface area contributed by atoms with E-state index in [2.05, 4.69) is 20.8 Å². The molecule has 0 radical (unpaired) electrons. The summed E-state index contributed by atoms with van der Waals surface area (Å²) in [7, 11) is 0. The molecule has 19 atom stereocenters. The third-order valence-electron chi connectivity index (χ3n) is 14.2. The fourth-order valence-electron chi connectivity index (χ4n) is 12.6. The number of carbonyl (C=O) groups is 2. The maximum Gasteiger partial charge on any atom is 0.341 e. The summed E-state index contributed by atoms with van der Waals surface area (Å²) in [5.41, 5.74) is 2.86. The Morgan fingerprint density at radius 2 is 1.70 bits per heavy atom. The molecule has 5 saturated carbocycles. The Bertz CT molecular complexity index is 1210. The summed E-state index contributed by atoms with van der Waals surface area (Å²) in [4.78, 5) is 25.6. The summed E-state index contributed by atoms with van der Waals surface area (Å²) in [5.74, 6) is -4.28. The Morgan fingerprint density at radius 1 is 1.00 bits per heavy atom. The largest absolute Gasteiger partial charge is 0.462 e. The van der Waals surface area contributed by atoms with Crippen molar-refractivity contribution in [1.82, 2.24) is 0 Å². The van der Waals surface area contributed by atoms with Crippen LogP contribution in [0.4, 0.5) is 0 Å². The number of ether oxygens (including phenoxy) is 4. The molecule has 5 N–H and O–H groups in total. The standard InChI is InChI=1S/C30H43NO9/c1-10-17-20(28(5)29(6,36)25(35)40-30(28)24(10)39-30)23(34)19-16-18(15(37-11(2)32)9-27(17,19)4)26(3)8-14-13(38-14)7-12(26)21(31)22(16)33/h10,12-24,33-34,36H,7-9,31H2,1-6H3/t10-,12?,13-,14+,15+,16+,17-,18?,19?,20-,21-,22+,23+,24+,26-,27+,28-,29+,30-/m0/s1. The third-order valence-corrected chi connectivity index (χ3v) is 14.2. The van der Waals surface area contributed by atoms with Crippen molar-refractivity contribution in [2.75, 3.05) is 0 Å². The molecular formula is C30H43NO9. The van der Waals surface area contributed by atoms with E-state index in [1.54, 1.807) is 0 Å². The molecule has 3 aliphatic heterocycles. The molecule has 8 fully saturated rings. The van der Waals surface area contributed by atoms with Gasteiger partial charge in [0.05, 0.1) is 29.8 Å². The van der Waals surface area contributed by atoms with Gasteiger partial charge in [-0.1, -0.05) is 20.8 Å². The van der Waals surface area contributed by atoms with E-state index in [0.29, 0.717) is 6.42 Å². The van der Waals surface area contributed by atoms with Gasteiger partial charge < -0.3 is 40.0 Å². The zero-order chi connectivity index (χ0) is 28.7. The Hall–Kier alpha value is -1.30. The summed E-state index contributed by atoms with van der Waals surface area (Å²) in [5, 5.41) is 36.2. The van der Waals surface area contributed by atoms with Gasteiger partial charge in [-0.15, -0.1) is 0 Å². The minimum atomic E-state index is -1.87. The number of aliphatic hydroxyl groups excluding tert-OH is 2. The van der Waals surface area contributed by atoms with E-state index in [1.807, 2.05) is 6.92 Å². The number of hydrogen-bond acceptors (Lipinski definition) is 10. The maximum atomic E-state index is 13.1. The number of carbonyl (C=O) groups excluding carboxylic acids is 2. The monoisotopic (exact) mass is 561 g/mol. The Balaban J connectivity index is 1.30.